The summed E-state index contributed by atoms with van der Waals surface area (Å²) >= 11 is 0. The lowest BCUT2D eigenvalue weighted by molar-refractivity contribution is 0.167. The second-order valence-electron chi connectivity index (χ2n) is 3.82. The molecular weight excluding hydrogens is 122 g/mol. The van der Waals surface area contributed by atoms with Crippen molar-refractivity contribution in [2.45, 2.75) is 58.7 Å². The standard InChI is InChI=1S/C9H19N/c1-7(2)10-8(3)5-6-9(10)4/h7-9H,5-6H2,1-4H3/t8-,9?/m1/s1. The van der Waals surface area contributed by atoms with Crippen LogP contribution >= 0.6 is 0 Å². The minimum Gasteiger partial charge on any atom is -0.296 e. The first-order valence-corrected chi connectivity index (χ1v) is 4.40. The van der Waals surface area contributed by atoms with Gasteiger partial charge in [-0.25, -0.2) is 0 Å². The lowest BCUT2D eigenvalue weighted by Crippen LogP contribution is -2.38. The highest BCUT2D eigenvalue weighted by atomic mass is 15.2. The number of likely N-dealkylation sites (tertiary alicyclic amines) is 1. The van der Waals surface area contributed by atoms with Gasteiger partial charge in [-0.3, -0.25) is 4.90 Å². The molecule has 0 bridgehead atoms. The first kappa shape index (κ1) is 8.06. The molecule has 0 aromatic rings. The molecule has 1 fully saturated rings. The molecule has 10 heavy (non-hydrogen) atoms. The second kappa shape index (κ2) is 2.91. The van der Waals surface area contributed by atoms with Gasteiger partial charge in [0.1, 0.15) is 0 Å². The molecule has 1 unspecified atom stereocenters. The van der Waals surface area contributed by atoms with Crippen molar-refractivity contribution in [2.75, 3.05) is 0 Å². The Morgan fingerprint density at radius 1 is 1.10 bits per heavy atom. The number of nitrogens with zero attached hydrogens (tertiary/aromatic N) is 1. The lowest BCUT2D eigenvalue weighted by atomic mass is 10.2. The highest BCUT2D eigenvalue weighted by Gasteiger charge is 2.28. The molecule has 2 atom stereocenters. The zero-order valence-electron chi connectivity index (χ0n) is 7.59. The van der Waals surface area contributed by atoms with Gasteiger partial charge in [0.15, 0.2) is 0 Å². The molecule has 1 aliphatic heterocycles. The average Bonchev–Trinajstić information content (AvgIpc) is 2.11. The summed E-state index contributed by atoms with van der Waals surface area (Å²) in [6.45, 7) is 9.25. The number of hydrogen-bond donors (Lipinski definition) is 0. The summed E-state index contributed by atoms with van der Waals surface area (Å²) in [4.78, 5) is 2.61. The molecule has 0 aliphatic carbocycles. The highest BCUT2D eigenvalue weighted by molar-refractivity contribution is 4.84. The van der Waals surface area contributed by atoms with E-state index in [2.05, 4.69) is 32.6 Å². The maximum atomic E-state index is 2.61. The largest absolute Gasteiger partial charge is 0.296 e. The van der Waals surface area contributed by atoms with Crippen molar-refractivity contribution >= 4 is 0 Å². The smallest absolute Gasteiger partial charge is 0.00730 e. The maximum absolute atomic E-state index is 2.61. The van der Waals surface area contributed by atoms with Gasteiger partial charge in [0.25, 0.3) is 0 Å². The van der Waals surface area contributed by atoms with Crippen molar-refractivity contribution < 1.29 is 0 Å². The minimum absolute atomic E-state index is 0.729. The van der Waals surface area contributed by atoms with E-state index >= 15 is 0 Å². The molecule has 1 nitrogen and oxygen atoms in total. The predicted molar refractivity (Wildman–Crippen MR) is 45.1 cm³/mol. The first-order valence-electron chi connectivity index (χ1n) is 4.40. The molecule has 1 rings (SSSR count). The van der Waals surface area contributed by atoms with E-state index in [-0.39, 0.29) is 0 Å². The molecule has 0 spiro atoms. The quantitative estimate of drug-likeness (QED) is 0.541. The van der Waals surface area contributed by atoms with Gasteiger partial charge in [-0.05, 0) is 40.5 Å². The van der Waals surface area contributed by atoms with E-state index in [0.717, 1.165) is 18.1 Å². The predicted octanol–water partition coefficient (Wildman–Crippen LogP) is 2.27. The van der Waals surface area contributed by atoms with E-state index in [1.807, 2.05) is 0 Å². The van der Waals surface area contributed by atoms with Crippen molar-refractivity contribution in [1.82, 2.24) is 4.90 Å². The van der Waals surface area contributed by atoms with Crippen LogP contribution in [-0.2, 0) is 0 Å². The van der Waals surface area contributed by atoms with Crippen LogP contribution in [0.25, 0.3) is 0 Å². The first-order chi connectivity index (χ1) is 4.63. The molecule has 60 valence electrons. The Morgan fingerprint density at radius 2 is 1.50 bits per heavy atom. The van der Waals surface area contributed by atoms with E-state index in [1.165, 1.54) is 12.8 Å². The SMILES string of the molecule is CC(C)N1C(C)CC[C@H]1C. The van der Waals surface area contributed by atoms with Crippen molar-refractivity contribution in [3.05, 3.63) is 0 Å². The van der Waals surface area contributed by atoms with Crippen molar-refractivity contribution in [3.8, 4) is 0 Å². The van der Waals surface area contributed by atoms with Crippen LogP contribution in [0.3, 0.4) is 0 Å². The van der Waals surface area contributed by atoms with Crippen LogP contribution in [0, 0.1) is 0 Å². The van der Waals surface area contributed by atoms with Crippen LogP contribution in [0.4, 0.5) is 0 Å². The van der Waals surface area contributed by atoms with E-state index in [1.54, 1.807) is 0 Å². The van der Waals surface area contributed by atoms with Gasteiger partial charge in [-0.1, -0.05) is 0 Å². The normalized spacial score (nSPS) is 35.7. The van der Waals surface area contributed by atoms with E-state index < -0.39 is 0 Å². The van der Waals surface area contributed by atoms with Crippen LogP contribution in [0.2, 0.25) is 0 Å². The molecule has 0 radical (unpaired) electrons. The monoisotopic (exact) mass is 141 g/mol. The van der Waals surface area contributed by atoms with Crippen molar-refractivity contribution in [2.24, 2.45) is 0 Å². The molecule has 0 aromatic heterocycles. The van der Waals surface area contributed by atoms with Crippen LogP contribution in [0.1, 0.15) is 40.5 Å². The van der Waals surface area contributed by atoms with E-state index in [9.17, 15) is 0 Å². The fourth-order valence-electron chi connectivity index (χ4n) is 2.23. The second-order valence-corrected chi connectivity index (χ2v) is 3.82. The van der Waals surface area contributed by atoms with Gasteiger partial charge in [0.2, 0.25) is 0 Å². The molecule has 1 aliphatic rings. The molecule has 1 heterocycles. The summed E-state index contributed by atoms with van der Waals surface area (Å²) in [5.74, 6) is 0. The Labute approximate surface area is 64.4 Å². The third kappa shape index (κ3) is 1.34. The van der Waals surface area contributed by atoms with Gasteiger partial charge in [-0.2, -0.15) is 0 Å². The Kier molecular flexibility index (Phi) is 2.35. The molecule has 0 aromatic carbocycles. The third-order valence-electron chi connectivity index (χ3n) is 2.62. The van der Waals surface area contributed by atoms with Crippen LogP contribution in [-0.4, -0.2) is 23.0 Å². The van der Waals surface area contributed by atoms with Crippen LogP contribution < -0.4 is 0 Å². The van der Waals surface area contributed by atoms with Crippen molar-refractivity contribution in [1.29, 1.82) is 0 Å². The Bertz CT molecular complexity index is 99.3. The van der Waals surface area contributed by atoms with Crippen LogP contribution in [0.5, 0.6) is 0 Å². The molecule has 0 N–H and O–H groups in total. The Morgan fingerprint density at radius 3 is 1.70 bits per heavy atom. The average molecular weight is 141 g/mol. The highest BCUT2D eigenvalue weighted by Crippen LogP contribution is 2.25. The zero-order valence-corrected chi connectivity index (χ0v) is 7.59. The van der Waals surface area contributed by atoms with Gasteiger partial charge in [0, 0.05) is 18.1 Å². The maximum Gasteiger partial charge on any atom is 0.00730 e. The fraction of sp³-hybridized carbons (Fsp3) is 1.00. The summed E-state index contributed by atoms with van der Waals surface area (Å²) in [6, 6.07) is 2.36. The zero-order chi connectivity index (χ0) is 7.72. The lowest BCUT2D eigenvalue weighted by Gasteiger charge is -2.29. The van der Waals surface area contributed by atoms with Crippen molar-refractivity contribution in [3.63, 3.8) is 0 Å². The molecule has 1 heteroatoms. The summed E-state index contributed by atoms with van der Waals surface area (Å²) in [5, 5.41) is 0. The minimum atomic E-state index is 0.729. The van der Waals surface area contributed by atoms with Gasteiger partial charge in [-0.15, -0.1) is 0 Å². The van der Waals surface area contributed by atoms with Gasteiger partial charge >= 0.3 is 0 Å². The summed E-state index contributed by atoms with van der Waals surface area (Å²) in [6.07, 6.45) is 2.78. The Balaban J connectivity index is 2.54. The molecule has 0 amide bonds. The van der Waals surface area contributed by atoms with Gasteiger partial charge in [0.05, 0.1) is 0 Å². The Hall–Kier alpha value is -0.0400. The molecule has 0 saturated carbocycles. The number of hydrogen-bond acceptors (Lipinski definition) is 1. The molecular formula is C9H19N. The van der Waals surface area contributed by atoms with E-state index in [4.69, 9.17) is 0 Å². The molecule has 1 saturated heterocycles. The fourth-order valence-corrected chi connectivity index (χ4v) is 2.23. The van der Waals surface area contributed by atoms with E-state index in [0.29, 0.717) is 0 Å². The summed E-state index contributed by atoms with van der Waals surface area (Å²) < 4.78 is 0. The van der Waals surface area contributed by atoms with Gasteiger partial charge < -0.3 is 0 Å². The number of rotatable bonds is 1. The van der Waals surface area contributed by atoms with Crippen LogP contribution in [0.15, 0.2) is 0 Å². The topological polar surface area (TPSA) is 3.24 Å². The summed E-state index contributed by atoms with van der Waals surface area (Å²) in [7, 11) is 0. The summed E-state index contributed by atoms with van der Waals surface area (Å²) in [5.41, 5.74) is 0. The third-order valence-corrected chi connectivity index (χ3v) is 2.62.